The Balaban J connectivity index is 2.06. The van der Waals surface area contributed by atoms with Gasteiger partial charge in [-0.1, -0.05) is 0 Å². The number of rotatable bonds is 3. The van der Waals surface area contributed by atoms with Gasteiger partial charge in [0.1, 0.15) is 11.2 Å². The van der Waals surface area contributed by atoms with Gasteiger partial charge in [0, 0.05) is 5.56 Å². The van der Waals surface area contributed by atoms with Crippen LogP contribution in [0.4, 0.5) is 11.4 Å². The van der Waals surface area contributed by atoms with E-state index >= 15 is 0 Å². The third kappa shape index (κ3) is 2.04. The summed E-state index contributed by atoms with van der Waals surface area (Å²) in [6, 6.07) is 11.7. The number of hydrogen-bond acceptors (Lipinski definition) is 6. The molecule has 0 aliphatic carbocycles. The first-order valence-electron chi connectivity index (χ1n) is 5.54. The maximum atomic E-state index is 10.5. The van der Waals surface area contributed by atoms with E-state index in [-0.39, 0.29) is 0 Å². The summed E-state index contributed by atoms with van der Waals surface area (Å²) >= 11 is 0. The molecule has 19 heavy (non-hydrogen) atoms. The molecule has 0 bridgehead atoms. The van der Waals surface area contributed by atoms with Crippen molar-refractivity contribution in [1.29, 1.82) is 0 Å². The Hall–Kier alpha value is -2.73. The highest BCUT2D eigenvalue weighted by atomic mass is 16.5. The van der Waals surface area contributed by atoms with Crippen LogP contribution in [0.2, 0.25) is 0 Å². The van der Waals surface area contributed by atoms with Gasteiger partial charge in [0.25, 0.3) is 0 Å². The zero-order chi connectivity index (χ0) is 13.2. The normalized spacial score (nSPS) is 10.6. The Morgan fingerprint density at radius 3 is 2.63 bits per heavy atom. The van der Waals surface area contributed by atoms with Gasteiger partial charge >= 0.3 is 0 Å². The molecule has 0 amide bonds. The highest BCUT2D eigenvalue weighted by Gasteiger charge is 2.08. The Kier molecular flexibility index (Phi) is 2.70. The van der Waals surface area contributed by atoms with E-state index in [1.807, 2.05) is 5.48 Å². The fourth-order valence-corrected chi connectivity index (χ4v) is 1.78. The van der Waals surface area contributed by atoms with Crippen molar-refractivity contribution in [2.45, 2.75) is 0 Å². The third-order valence-electron chi connectivity index (χ3n) is 2.74. The lowest BCUT2D eigenvalue weighted by Gasteiger charge is -1.98. The van der Waals surface area contributed by atoms with Crippen molar-refractivity contribution < 1.29 is 9.62 Å². The molecule has 1 aromatic heterocycles. The van der Waals surface area contributed by atoms with Crippen LogP contribution in [-0.2, 0) is 0 Å². The highest BCUT2D eigenvalue weighted by molar-refractivity contribution is 5.79. The van der Waals surface area contributed by atoms with Crippen molar-refractivity contribution in [3.8, 4) is 11.5 Å². The summed E-state index contributed by atoms with van der Waals surface area (Å²) in [5.74, 6) is 0.447. The molecule has 0 atom stereocenters. The van der Waals surface area contributed by atoms with Gasteiger partial charge in [-0.05, 0) is 47.6 Å². The minimum absolute atomic E-state index is 0.312. The maximum absolute atomic E-state index is 10.5. The SMILES string of the molecule is O=Nc1ccc2oc(-c3ccc(NO)cc3)nc2c1. The summed E-state index contributed by atoms with van der Waals surface area (Å²) in [4.78, 5) is 14.8. The fraction of sp³-hybridized carbons (Fsp3) is 0. The number of fused-ring (bicyclic) bond motifs is 1. The third-order valence-corrected chi connectivity index (χ3v) is 2.74. The number of anilines is 1. The molecule has 0 saturated carbocycles. The van der Waals surface area contributed by atoms with Crippen molar-refractivity contribution in [2.75, 3.05) is 5.48 Å². The molecule has 0 aliphatic heterocycles. The first kappa shape index (κ1) is 11.4. The van der Waals surface area contributed by atoms with E-state index < -0.39 is 0 Å². The average Bonchev–Trinajstić information content (AvgIpc) is 2.90. The van der Waals surface area contributed by atoms with E-state index in [0.29, 0.717) is 28.4 Å². The van der Waals surface area contributed by atoms with Crippen LogP contribution in [-0.4, -0.2) is 10.2 Å². The van der Waals surface area contributed by atoms with Gasteiger partial charge in [0.15, 0.2) is 5.58 Å². The van der Waals surface area contributed by atoms with Crippen molar-refractivity contribution >= 4 is 22.5 Å². The second-order valence-electron chi connectivity index (χ2n) is 3.95. The van der Waals surface area contributed by atoms with Crippen molar-refractivity contribution in [1.82, 2.24) is 4.98 Å². The Morgan fingerprint density at radius 2 is 1.95 bits per heavy atom. The number of nitrogens with one attached hydrogen (secondary N) is 1. The first-order valence-corrected chi connectivity index (χ1v) is 5.54. The molecule has 6 nitrogen and oxygen atoms in total. The summed E-state index contributed by atoms with van der Waals surface area (Å²) in [5, 5.41) is 11.6. The molecule has 3 aromatic rings. The van der Waals surface area contributed by atoms with E-state index in [1.54, 1.807) is 42.5 Å². The number of oxazole rings is 1. The maximum Gasteiger partial charge on any atom is 0.227 e. The summed E-state index contributed by atoms with van der Waals surface area (Å²) in [6.45, 7) is 0. The van der Waals surface area contributed by atoms with E-state index in [2.05, 4.69) is 10.2 Å². The largest absolute Gasteiger partial charge is 0.436 e. The standard InChI is InChI=1S/C13H9N3O3/c17-15-9-3-1-8(2-4-9)13-14-11-7-10(16-18)5-6-12(11)19-13/h1-7,15,17H. The van der Waals surface area contributed by atoms with Crippen LogP contribution in [0.15, 0.2) is 52.1 Å². The van der Waals surface area contributed by atoms with Crippen molar-refractivity contribution in [3.63, 3.8) is 0 Å². The summed E-state index contributed by atoms with van der Waals surface area (Å²) in [6.07, 6.45) is 0. The number of hydrogen-bond donors (Lipinski definition) is 2. The molecule has 0 spiro atoms. The van der Waals surface area contributed by atoms with Crippen LogP contribution in [0, 0.1) is 4.91 Å². The molecule has 94 valence electrons. The molecule has 0 saturated heterocycles. The lowest BCUT2D eigenvalue weighted by Crippen LogP contribution is -1.87. The highest BCUT2D eigenvalue weighted by Crippen LogP contribution is 2.27. The van der Waals surface area contributed by atoms with Gasteiger partial charge in [0.05, 0.1) is 5.69 Å². The van der Waals surface area contributed by atoms with Crippen LogP contribution in [0.1, 0.15) is 0 Å². The molecule has 0 unspecified atom stereocenters. The van der Waals surface area contributed by atoms with Gasteiger partial charge in [0.2, 0.25) is 5.89 Å². The topological polar surface area (TPSA) is 87.7 Å². The lowest BCUT2D eigenvalue weighted by atomic mass is 10.2. The van der Waals surface area contributed by atoms with E-state index in [1.165, 1.54) is 0 Å². The predicted molar refractivity (Wildman–Crippen MR) is 70.3 cm³/mol. The number of aromatic nitrogens is 1. The smallest absolute Gasteiger partial charge is 0.227 e. The van der Waals surface area contributed by atoms with E-state index in [0.717, 1.165) is 5.56 Å². The summed E-state index contributed by atoms with van der Waals surface area (Å²) in [7, 11) is 0. The summed E-state index contributed by atoms with van der Waals surface area (Å²) < 4.78 is 5.59. The van der Waals surface area contributed by atoms with Crippen molar-refractivity contribution in [2.24, 2.45) is 5.18 Å². The Labute approximate surface area is 107 Å². The minimum Gasteiger partial charge on any atom is -0.436 e. The zero-order valence-corrected chi connectivity index (χ0v) is 9.70. The quantitative estimate of drug-likeness (QED) is 0.550. The predicted octanol–water partition coefficient (Wildman–Crippen LogP) is 3.69. The Bertz CT molecular complexity index is 734. The van der Waals surface area contributed by atoms with Crippen LogP contribution in [0.25, 0.3) is 22.6 Å². The number of benzene rings is 2. The van der Waals surface area contributed by atoms with Crippen LogP contribution in [0.5, 0.6) is 0 Å². The molecule has 0 fully saturated rings. The molecular formula is C13H9N3O3. The minimum atomic E-state index is 0.312. The second-order valence-corrected chi connectivity index (χ2v) is 3.95. The van der Waals surface area contributed by atoms with Crippen molar-refractivity contribution in [3.05, 3.63) is 47.4 Å². The van der Waals surface area contributed by atoms with E-state index in [4.69, 9.17) is 9.62 Å². The molecule has 0 aliphatic rings. The summed E-state index contributed by atoms with van der Waals surface area (Å²) in [5.41, 5.74) is 4.88. The monoisotopic (exact) mass is 255 g/mol. The molecular weight excluding hydrogens is 246 g/mol. The number of nitroso groups, excluding NO2 is 1. The fourth-order valence-electron chi connectivity index (χ4n) is 1.78. The Morgan fingerprint density at radius 1 is 1.16 bits per heavy atom. The molecule has 2 aromatic carbocycles. The first-order chi connectivity index (χ1) is 9.30. The molecule has 0 radical (unpaired) electrons. The van der Waals surface area contributed by atoms with Gasteiger partial charge in [-0.15, -0.1) is 4.91 Å². The van der Waals surface area contributed by atoms with Crippen LogP contribution >= 0.6 is 0 Å². The molecule has 2 N–H and O–H groups in total. The van der Waals surface area contributed by atoms with Crippen LogP contribution in [0.3, 0.4) is 0 Å². The lowest BCUT2D eigenvalue weighted by molar-refractivity contribution is 0.389. The molecule has 1 heterocycles. The van der Waals surface area contributed by atoms with Gasteiger partial charge in [-0.3, -0.25) is 10.7 Å². The number of nitrogens with zero attached hydrogens (tertiary/aromatic N) is 2. The average molecular weight is 255 g/mol. The van der Waals surface area contributed by atoms with E-state index in [9.17, 15) is 4.91 Å². The zero-order valence-electron chi connectivity index (χ0n) is 9.70. The second kappa shape index (κ2) is 4.51. The van der Waals surface area contributed by atoms with Crippen LogP contribution < -0.4 is 5.48 Å². The van der Waals surface area contributed by atoms with Gasteiger partial charge in [-0.25, -0.2) is 4.98 Å². The molecule has 3 rings (SSSR count). The van der Waals surface area contributed by atoms with Gasteiger partial charge < -0.3 is 4.42 Å². The molecule has 6 heteroatoms. The van der Waals surface area contributed by atoms with Gasteiger partial charge in [-0.2, -0.15) is 0 Å².